The van der Waals surface area contributed by atoms with Crippen LogP contribution in [0, 0.1) is 5.92 Å². The Kier molecular flexibility index (Phi) is 5.12. The van der Waals surface area contributed by atoms with Crippen LogP contribution < -0.4 is 9.64 Å². The monoisotopic (exact) mass is 407 g/mol. The summed E-state index contributed by atoms with van der Waals surface area (Å²) >= 11 is 0. The molecule has 2 atom stereocenters. The lowest BCUT2D eigenvalue weighted by molar-refractivity contribution is -0.143. The molecule has 1 aromatic heterocycles. The molecule has 0 saturated carbocycles. The summed E-state index contributed by atoms with van der Waals surface area (Å²) in [4.78, 5) is 34.7. The lowest BCUT2D eigenvalue weighted by atomic mass is 9.98. The average molecular weight is 407 g/mol. The van der Waals surface area contributed by atoms with Crippen LogP contribution in [-0.4, -0.2) is 53.6 Å². The number of ether oxygens (including phenoxy) is 2. The molecular weight excluding hydrogens is 382 g/mol. The van der Waals surface area contributed by atoms with Crippen molar-refractivity contribution in [3.8, 4) is 5.75 Å². The molecule has 4 heterocycles. The van der Waals surface area contributed by atoms with E-state index in [0.717, 1.165) is 11.3 Å². The van der Waals surface area contributed by atoms with Gasteiger partial charge in [0.05, 0.1) is 18.8 Å². The van der Waals surface area contributed by atoms with E-state index in [2.05, 4.69) is 4.98 Å². The van der Waals surface area contributed by atoms with Crippen LogP contribution in [0.25, 0.3) is 0 Å². The minimum atomic E-state index is -0.504. The van der Waals surface area contributed by atoms with Crippen LogP contribution in [0.1, 0.15) is 24.8 Å². The quantitative estimate of drug-likeness (QED) is 0.781. The SMILES string of the molecule is O=C1C2CC(CN2C(=O)C2CCOCC2)Oc2ccccc2N1Cc1cccnc1. The normalized spacial score (nSPS) is 24.1. The van der Waals surface area contributed by atoms with Crippen molar-refractivity contribution >= 4 is 17.5 Å². The average Bonchev–Trinajstić information content (AvgIpc) is 3.22. The number of carbonyl (C=O) groups excluding carboxylic acids is 2. The molecule has 7 nitrogen and oxygen atoms in total. The van der Waals surface area contributed by atoms with E-state index in [9.17, 15) is 9.59 Å². The highest BCUT2D eigenvalue weighted by atomic mass is 16.5. The van der Waals surface area contributed by atoms with E-state index in [0.29, 0.717) is 51.3 Å². The van der Waals surface area contributed by atoms with Gasteiger partial charge in [0.1, 0.15) is 17.9 Å². The van der Waals surface area contributed by atoms with Gasteiger partial charge in [-0.3, -0.25) is 14.6 Å². The van der Waals surface area contributed by atoms with Crippen molar-refractivity contribution < 1.29 is 19.1 Å². The molecule has 2 amide bonds. The zero-order valence-electron chi connectivity index (χ0n) is 16.8. The van der Waals surface area contributed by atoms with Crippen molar-refractivity contribution in [1.29, 1.82) is 0 Å². The number of aromatic nitrogens is 1. The number of rotatable bonds is 3. The van der Waals surface area contributed by atoms with E-state index in [1.807, 2.05) is 36.4 Å². The number of anilines is 1. The van der Waals surface area contributed by atoms with E-state index >= 15 is 0 Å². The first kappa shape index (κ1) is 19.1. The molecule has 2 aromatic rings. The van der Waals surface area contributed by atoms with Crippen molar-refractivity contribution in [2.75, 3.05) is 24.7 Å². The van der Waals surface area contributed by atoms with E-state index in [-0.39, 0.29) is 23.8 Å². The Morgan fingerprint density at radius 1 is 1.13 bits per heavy atom. The van der Waals surface area contributed by atoms with Crippen molar-refractivity contribution in [2.24, 2.45) is 5.92 Å². The van der Waals surface area contributed by atoms with Crippen LogP contribution in [-0.2, 0) is 20.9 Å². The van der Waals surface area contributed by atoms with E-state index in [1.54, 1.807) is 22.2 Å². The number of benzene rings is 1. The first-order chi connectivity index (χ1) is 14.7. The smallest absolute Gasteiger partial charge is 0.250 e. The third kappa shape index (κ3) is 3.54. The molecule has 3 aliphatic rings. The van der Waals surface area contributed by atoms with Gasteiger partial charge in [0.15, 0.2) is 0 Å². The lowest BCUT2D eigenvalue weighted by Gasteiger charge is -2.33. The molecule has 0 N–H and O–H groups in total. The van der Waals surface area contributed by atoms with Gasteiger partial charge in [-0.25, -0.2) is 0 Å². The molecule has 2 fully saturated rings. The summed E-state index contributed by atoms with van der Waals surface area (Å²) in [5.74, 6) is 0.591. The van der Waals surface area contributed by atoms with Gasteiger partial charge < -0.3 is 19.3 Å². The molecule has 0 spiro atoms. The fraction of sp³-hybridized carbons (Fsp3) is 0.435. The summed E-state index contributed by atoms with van der Waals surface area (Å²) in [6.07, 6.45) is 5.24. The molecule has 0 aliphatic carbocycles. The maximum Gasteiger partial charge on any atom is 0.250 e. The summed E-state index contributed by atoms with van der Waals surface area (Å²) in [5, 5.41) is 0. The number of likely N-dealkylation sites (tertiary alicyclic amines) is 1. The summed E-state index contributed by atoms with van der Waals surface area (Å²) in [5.41, 5.74) is 1.67. The highest BCUT2D eigenvalue weighted by molar-refractivity contribution is 6.01. The van der Waals surface area contributed by atoms with Crippen molar-refractivity contribution in [3.05, 3.63) is 54.4 Å². The van der Waals surface area contributed by atoms with Crippen molar-refractivity contribution in [2.45, 2.75) is 38.0 Å². The molecule has 156 valence electrons. The second-order valence-corrected chi connectivity index (χ2v) is 8.12. The number of fused-ring (bicyclic) bond motifs is 3. The molecule has 3 aliphatic heterocycles. The number of amides is 2. The van der Waals surface area contributed by atoms with E-state index < -0.39 is 6.04 Å². The molecule has 2 unspecified atom stereocenters. The summed E-state index contributed by atoms with van der Waals surface area (Å²) in [6, 6.07) is 10.9. The Morgan fingerprint density at radius 2 is 1.97 bits per heavy atom. The number of pyridine rings is 1. The largest absolute Gasteiger partial charge is 0.486 e. The van der Waals surface area contributed by atoms with Gasteiger partial charge in [-0.2, -0.15) is 0 Å². The number of para-hydroxylation sites is 2. The fourth-order valence-electron chi connectivity index (χ4n) is 4.63. The predicted octanol–water partition coefficient (Wildman–Crippen LogP) is 2.40. The lowest BCUT2D eigenvalue weighted by Crippen LogP contribution is -2.49. The third-order valence-electron chi connectivity index (χ3n) is 6.18. The number of hydrogen-bond acceptors (Lipinski definition) is 5. The molecule has 7 heteroatoms. The van der Waals surface area contributed by atoms with Crippen LogP contribution in [0.5, 0.6) is 5.75 Å². The maximum atomic E-state index is 13.8. The minimum Gasteiger partial charge on any atom is -0.486 e. The molecule has 2 bridgehead atoms. The standard InChI is InChI=1S/C23H25N3O4/c27-22(17-7-10-29-11-8-17)26-15-18-12-20(26)23(28)25(14-16-4-3-9-24-13-16)19-5-1-2-6-21(19)30-18/h1-6,9,13,17-18,20H,7-8,10-12,14-15H2. The molecule has 0 radical (unpaired) electrons. The van der Waals surface area contributed by atoms with E-state index in [4.69, 9.17) is 9.47 Å². The molecule has 30 heavy (non-hydrogen) atoms. The Morgan fingerprint density at radius 3 is 2.77 bits per heavy atom. The number of hydrogen-bond donors (Lipinski definition) is 0. The predicted molar refractivity (Wildman–Crippen MR) is 110 cm³/mol. The van der Waals surface area contributed by atoms with Gasteiger partial charge in [0.2, 0.25) is 11.8 Å². The molecular formula is C23H25N3O4. The van der Waals surface area contributed by atoms with Crippen LogP contribution in [0.15, 0.2) is 48.8 Å². The topological polar surface area (TPSA) is 72.0 Å². The maximum absolute atomic E-state index is 13.8. The Hall–Kier alpha value is -2.93. The molecule has 5 rings (SSSR count). The Bertz CT molecular complexity index is 929. The van der Waals surface area contributed by atoms with Crippen molar-refractivity contribution in [1.82, 2.24) is 9.88 Å². The summed E-state index contributed by atoms with van der Waals surface area (Å²) in [6.45, 7) is 2.03. The zero-order chi connectivity index (χ0) is 20.5. The van der Waals surface area contributed by atoms with Gasteiger partial charge >= 0.3 is 0 Å². The van der Waals surface area contributed by atoms with Gasteiger partial charge in [-0.05, 0) is 36.6 Å². The van der Waals surface area contributed by atoms with Crippen LogP contribution in [0.4, 0.5) is 5.69 Å². The van der Waals surface area contributed by atoms with Crippen LogP contribution >= 0.6 is 0 Å². The first-order valence-electron chi connectivity index (χ1n) is 10.5. The first-order valence-corrected chi connectivity index (χ1v) is 10.5. The van der Waals surface area contributed by atoms with Crippen LogP contribution in [0.2, 0.25) is 0 Å². The van der Waals surface area contributed by atoms with Crippen molar-refractivity contribution in [3.63, 3.8) is 0 Å². The number of nitrogens with zero attached hydrogens (tertiary/aromatic N) is 3. The highest BCUT2D eigenvalue weighted by Crippen LogP contribution is 2.37. The Balaban J connectivity index is 1.48. The Labute approximate surface area is 175 Å². The van der Waals surface area contributed by atoms with Crippen LogP contribution in [0.3, 0.4) is 0 Å². The van der Waals surface area contributed by atoms with Gasteiger partial charge in [0.25, 0.3) is 0 Å². The zero-order valence-corrected chi connectivity index (χ0v) is 16.8. The second-order valence-electron chi connectivity index (χ2n) is 8.12. The van der Waals surface area contributed by atoms with Gasteiger partial charge in [-0.15, -0.1) is 0 Å². The fourth-order valence-corrected chi connectivity index (χ4v) is 4.63. The number of carbonyl (C=O) groups is 2. The molecule has 1 aromatic carbocycles. The van der Waals surface area contributed by atoms with Gasteiger partial charge in [0, 0.05) is 37.9 Å². The van der Waals surface area contributed by atoms with Gasteiger partial charge in [-0.1, -0.05) is 18.2 Å². The minimum absolute atomic E-state index is 0.0510. The highest BCUT2D eigenvalue weighted by Gasteiger charge is 2.46. The summed E-state index contributed by atoms with van der Waals surface area (Å²) in [7, 11) is 0. The third-order valence-corrected chi connectivity index (χ3v) is 6.18. The summed E-state index contributed by atoms with van der Waals surface area (Å²) < 4.78 is 11.7. The second kappa shape index (κ2) is 8.07. The molecule has 2 saturated heterocycles. The van der Waals surface area contributed by atoms with E-state index in [1.165, 1.54) is 0 Å².